The molecule has 6 rings (SSSR count). The molecule has 1 amide bonds. The van der Waals surface area contributed by atoms with Crippen molar-refractivity contribution < 1.29 is 15.4 Å². The Bertz CT molecular complexity index is 817. The summed E-state index contributed by atoms with van der Waals surface area (Å²) in [6.07, 6.45) is 8.42. The third kappa shape index (κ3) is 2.41. The van der Waals surface area contributed by atoms with Crippen LogP contribution in [0.2, 0.25) is 0 Å². The number of pyridine rings is 1. The minimum absolute atomic E-state index is 0. The molecule has 4 aliphatic rings. The minimum Gasteiger partial charge on any atom is -0.412 e. The summed E-state index contributed by atoms with van der Waals surface area (Å²) in [5, 5.41) is 15.3. The lowest BCUT2D eigenvalue weighted by molar-refractivity contribution is -0.129. The van der Waals surface area contributed by atoms with E-state index in [9.17, 15) is 9.90 Å². The van der Waals surface area contributed by atoms with Crippen LogP contribution in [0.15, 0.2) is 18.5 Å². The number of aromatic amines is 1. The average molecular weight is 344 g/mol. The topological polar surface area (TPSA) is 136 Å². The Morgan fingerprint density at radius 3 is 2.68 bits per heavy atom. The number of carbonyl (C=O) groups excluding carboxylic acids is 1. The van der Waals surface area contributed by atoms with Crippen LogP contribution in [0.1, 0.15) is 42.5 Å². The summed E-state index contributed by atoms with van der Waals surface area (Å²) in [6.45, 7) is 0. The summed E-state index contributed by atoms with van der Waals surface area (Å²) in [6, 6.07) is 2.22. The summed E-state index contributed by atoms with van der Waals surface area (Å²) < 4.78 is 0. The van der Waals surface area contributed by atoms with Gasteiger partial charge in [0.05, 0.1) is 16.9 Å². The first-order valence-electron chi connectivity index (χ1n) is 8.77. The van der Waals surface area contributed by atoms with Crippen molar-refractivity contribution in [2.24, 2.45) is 23.5 Å². The molecule has 2 unspecified atom stereocenters. The third-order valence-corrected chi connectivity index (χ3v) is 6.40. The van der Waals surface area contributed by atoms with Crippen LogP contribution in [0.3, 0.4) is 0 Å². The fourth-order valence-corrected chi connectivity index (χ4v) is 5.73. The van der Waals surface area contributed by atoms with Crippen molar-refractivity contribution in [3.8, 4) is 0 Å². The van der Waals surface area contributed by atoms with Crippen LogP contribution in [0.5, 0.6) is 0 Å². The van der Waals surface area contributed by atoms with Crippen LogP contribution >= 0.6 is 0 Å². The van der Waals surface area contributed by atoms with Crippen LogP contribution in [0.4, 0.5) is 5.69 Å². The number of aliphatic hydroxyl groups is 1. The molecule has 0 spiro atoms. The molecule has 2 heterocycles. The summed E-state index contributed by atoms with van der Waals surface area (Å²) >= 11 is 0. The van der Waals surface area contributed by atoms with E-state index in [4.69, 9.17) is 5.73 Å². The van der Waals surface area contributed by atoms with Crippen molar-refractivity contribution >= 4 is 22.6 Å². The van der Waals surface area contributed by atoms with Gasteiger partial charge < -0.3 is 26.6 Å². The Morgan fingerprint density at radius 2 is 2.04 bits per heavy atom. The van der Waals surface area contributed by atoms with Gasteiger partial charge in [0.2, 0.25) is 0 Å². The quantitative estimate of drug-likeness (QED) is 0.665. The zero-order valence-electron chi connectivity index (χ0n) is 14.0. The van der Waals surface area contributed by atoms with Gasteiger partial charge in [-0.1, -0.05) is 0 Å². The zero-order valence-corrected chi connectivity index (χ0v) is 14.0. The van der Waals surface area contributed by atoms with Crippen LogP contribution in [0.25, 0.3) is 11.0 Å². The number of hydrogen-bond acceptors (Lipinski definition) is 4. The predicted molar refractivity (Wildman–Crippen MR) is 94.1 cm³/mol. The third-order valence-electron chi connectivity index (χ3n) is 6.40. The Hall–Kier alpha value is -2.12. The van der Waals surface area contributed by atoms with Gasteiger partial charge in [-0.25, -0.2) is 4.98 Å². The van der Waals surface area contributed by atoms with Crippen LogP contribution < -0.4 is 11.1 Å². The van der Waals surface area contributed by atoms with E-state index in [0.717, 1.165) is 36.0 Å². The van der Waals surface area contributed by atoms with Crippen molar-refractivity contribution in [3.05, 3.63) is 24.0 Å². The lowest BCUT2D eigenvalue weighted by atomic mass is 9.52. The van der Waals surface area contributed by atoms with E-state index in [1.165, 1.54) is 12.8 Å². The highest BCUT2D eigenvalue weighted by Gasteiger charge is 2.54. The molecule has 2 aromatic heterocycles. The highest BCUT2D eigenvalue weighted by Crippen LogP contribution is 2.56. The van der Waals surface area contributed by atoms with Gasteiger partial charge in [-0.3, -0.25) is 4.79 Å². The number of rotatable bonds is 3. The van der Waals surface area contributed by atoms with E-state index in [1.54, 1.807) is 6.20 Å². The summed E-state index contributed by atoms with van der Waals surface area (Å²) in [7, 11) is 0. The molecule has 0 aliphatic heterocycles. The number of fused-ring (bicyclic) bond motifs is 1. The molecule has 0 aromatic carbocycles. The number of primary amides is 1. The normalized spacial score (nSPS) is 35.6. The van der Waals surface area contributed by atoms with Gasteiger partial charge in [0.15, 0.2) is 0 Å². The second-order valence-corrected chi connectivity index (χ2v) is 8.02. The number of nitrogens with two attached hydrogens (primary N) is 1. The van der Waals surface area contributed by atoms with Gasteiger partial charge in [-0.2, -0.15) is 0 Å². The first-order valence-corrected chi connectivity index (χ1v) is 8.77. The molecule has 0 radical (unpaired) electrons. The van der Waals surface area contributed by atoms with Crippen molar-refractivity contribution in [2.45, 2.75) is 43.7 Å². The lowest BCUT2D eigenvalue weighted by Crippen LogP contribution is -2.59. The monoisotopic (exact) mass is 344 g/mol. The molecular weight excluding hydrogens is 320 g/mol. The van der Waals surface area contributed by atoms with E-state index < -0.39 is 11.5 Å². The second kappa shape index (κ2) is 5.44. The lowest BCUT2D eigenvalue weighted by Gasteiger charge is -2.58. The number of hydrogen-bond donors (Lipinski definition) is 4. The fraction of sp³-hybridized carbons (Fsp3) is 0.556. The van der Waals surface area contributed by atoms with Gasteiger partial charge >= 0.3 is 0 Å². The molecule has 7 N–H and O–H groups in total. The van der Waals surface area contributed by atoms with Crippen molar-refractivity contribution in [1.29, 1.82) is 0 Å². The fourth-order valence-electron chi connectivity index (χ4n) is 5.73. The minimum atomic E-state index is -0.462. The average Bonchev–Trinajstić information content (AvgIpc) is 2.97. The van der Waals surface area contributed by atoms with Crippen molar-refractivity contribution in [2.75, 3.05) is 5.32 Å². The van der Waals surface area contributed by atoms with Gasteiger partial charge in [0.25, 0.3) is 5.91 Å². The van der Waals surface area contributed by atoms with Crippen molar-refractivity contribution in [3.63, 3.8) is 0 Å². The number of anilines is 1. The molecule has 4 fully saturated rings. The van der Waals surface area contributed by atoms with E-state index >= 15 is 0 Å². The van der Waals surface area contributed by atoms with E-state index in [2.05, 4.69) is 15.3 Å². The summed E-state index contributed by atoms with van der Waals surface area (Å²) in [4.78, 5) is 19.3. The van der Waals surface area contributed by atoms with Crippen LogP contribution in [0, 0.1) is 17.8 Å². The number of H-pyrrole nitrogens is 1. The molecular formula is C18H24N4O3. The maximum Gasteiger partial charge on any atom is 0.252 e. The molecule has 7 nitrogen and oxygen atoms in total. The van der Waals surface area contributed by atoms with E-state index in [1.807, 2.05) is 12.3 Å². The first-order chi connectivity index (χ1) is 11.5. The summed E-state index contributed by atoms with van der Waals surface area (Å²) in [5.74, 6) is 1.12. The standard InChI is InChI=1S/C18H22N4O2.H2O/c19-16(23)13-8-21-17-12(1-2-20-17)15(13)22-14-10-3-9-4-11(14)7-18(24,5-9)6-10;/h1-2,8-11,14,24H,3-7H2,(H2,19,23)(H2,20,21,22);1H2. The highest BCUT2D eigenvalue weighted by atomic mass is 16.3. The smallest absolute Gasteiger partial charge is 0.252 e. The number of nitrogens with zero attached hydrogens (tertiary/aromatic N) is 1. The first kappa shape index (κ1) is 16.4. The summed E-state index contributed by atoms with van der Waals surface area (Å²) in [5.41, 5.74) is 7.10. The maximum atomic E-state index is 11.9. The molecule has 7 heteroatoms. The largest absolute Gasteiger partial charge is 0.412 e. The van der Waals surface area contributed by atoms with Gasteiger partial charge in [-0.05, 0) is 55.9 Å². The molecule has 25 heavy (non-hydrogen) atoms. The zero-order chi connectivity index (χ0) is 16.5. The van der Waals surface area contributed by atoms with Gasteiger partial charge in [-0.15, -0.1) is 0 Å². The van der Waals surface area contributed by atoms with Crippen LogP contribution in [-0.2, 0) is 0 Å². The van der Waals surface area contributed by atoms with Gasteiger partial charge in [0.1, 0.15) is 5.65 Å². The van der Waals surface area contributed by atoms with Gasteiger partial charge in [0, 0.05) is 23.8 Å². The molecule has 2 atom stereocenters. The number of aromatic nitrogens is 2. The molecule has 0 saturated heterocycles. The van der Waals surface area contributed by atoms with Crippen LogP contribution in [-0.4, -0.2) is 38.1 Å². The molecule has 4 aliphatic carbocycles. The SMILES string of the molecule is NC(=O)c1cnc2[nH]ccc2c1NC1C2CC3CC1CC(O)(C3)C2.O. The van der Waals surface area contributed by atoms with E-state index in [-0.39, 0.29) is 5.48 Å². The Morgan fingerprint density at radius 1 is 1.32 bits per heavy atom. The Kier molecular flexibility index (Phi) is 3.56. The predicted octanol–water partition coefficient (Wildman–Crippen LogP) is 1.19. The second-order valence-electron chi connectivity index (χ2n) is 8.02. The maximum absolute atomic E-state index is 11.9. The molecule has 4 saturated carbocycles. The molecule has 2 aromatic rings. The molecule has 134 valence electrons. The number of amides is 1. The molecule has 4 bridgehead atoms. The Labute approximate surface area is 145 Å². The van der Waals surface area contributed by atoms with E-state index in [0.29, 0.717) is 29.4 Å². The van der Waals surface area contributed by atoms with Crippen molar-refractivity contribution in [1.82, 2.24) is 9.97 Å². The number of nitrogens with one attached hydrogen (secondary N) is 2. The number of carbonyl (C=O) groups is 1. The highest BCUT2D eigenvalue weighted by molar-refractivity contribution is 6.06. The Balaban J connectivity index is 0.00000157.